The highest BCUT2D eigenvalue weighted by Gasteiger charge is 2.19. The first-order chi connectivity index (χ1) is 17.7. The molecule has 0 N–H and O–H groups in total. The van der Waals surface area contributed by atoms with Gasteiger partial charge in [-0.05, 0) is 75.0 Å². The van der Waals surface area contributed by atoms with E-state index < -0.39 is 0 Å². The standard InChI is InChI=1S/C28H26Br3N3O3/c1-5-17(3)27-33-22-10-9-20(29)13-21(22)28(35)34(27)32-14-19-12-23(36-4)26(25(31)24(19)30)37-15-18-8-6-7-16(2)11-18/h6-14,17H,5,15H2,1-4H3/t17-/m0/s1. The molecule has 37 heavy (non-hydrogen) atoms. The van der Waals surface area contributed by atoms with Gasteiger partial charge in [-0.3, -0.25) is 4.79 Å². The van der Waals surface area contributed by atoms with Crippen LogP contribution in [0.3, 0.4) is 0 Å². The predicted octanol–water partition coefficient (Wildman–Crippen LogP) is 7.98. The molecule has 0 aliphatic carbocycles. The second kappa shape index (κ2) is 11.9. The van der Waals surface area contributed by atoms with Crippen LogP contribution in [-0.2, 0) is 6.61 Å². The summed E-state index contributed by atoms with van der Waals surface area (Å²) in [6, 6.07) is 15.5. The number of benzene rings is 3. The van der Waals surface area contributed by atoms with Gasteiger partial charge in [-0.15, -0.1) is 0 Å². The summed E-state index contributed by atoms with van der Waals surface area (Å²) in [6.07, 6.45) is 2.44. The molecule has 0 fully saturated rings. The maximum absolute atomic E-state index is 13.4. The van der Waals surface area contributed by atoms with E-state index in [9.17, 15) is 4.79 Å². The molecule has 0 radical (unpaired) electrons. The Morgan fingerprint density at radius 1 is 1.11 bits per heavy atom. The summed E-state index contributed by atoms with van der Waals surface area (Å²) in [5, 5.41) is 5.09. The fourth-order valence-electron chi connectivity index (χ4n) is 3.84. The summed E-state index contributed by atoms with van der Waals surface area (Å²) >= 11 is 10.7. The molecule has 0 saturated carbocycles. The number of nitrogens with zero attached hydrogens (tertiary/aromatic N) is 3. The van der Waals surface area contributed by atoms with Crippen molar-refractivity contribution in [3.05, 3.63) is 94.8 Å². The van der Waals surface area contributed by atoms with Crippen molar-refractivity contribution >= 4 is 64.9 Å². The van der Waals surface area contributed by atoms with E-state index in [1.807, 2.05) is 50.2 Å². The average Bonchev–Trinajstić information content (AvgIpc) is 2.89. The zero-order valence-corrected chi connectivity index (χ0v) is 25.6. The van der Waals surface area contributed by atoms with E-state index in [2.05, 4.69) is 65.9 Å². The number of aryl methyl sites for hydroxylation is 1. The highest BCUT2D eigenvalue weighted by atomic mass is 79.9. The first-order valence-electron chi connectivity index (χ1n) is 11.7. The second-order valence-electron chi connectivity index (χ2n) is 8.71. The van der Waals surface area contributed by atoms with Gasteiger partial charge in [0, 0.05) is 20.4 Å². The summed E-state index contributed by atoms with van der Waals surface area (Å²) < 4.78 is 15.4. The molecule has 1 aromatic heterocycles. The highest BCUT2D eigenvalue weighted by Crippen LogP contribution is 2.42. The molecule has 0 bridgehead atoms. The summed E-state index contributed by atoms with van der Waals surface area (Å²) in [6.45, 7) is 6.54. The van der Waals surface area contributed by atoms with Crippen LogP contribution >= 0.6 is 47.8 Å². The lowest BCUT2D eigenvalue weighted by Gasteiger charge is -2.16. The number of aromatic nitrogens is 2. The highest BCUT2D eigenvalue weighted by molar-refractivity contribution is 9.13. The third-order valence-corrected chi connectivity index (χ3v) is 8.68. The van der Waals surface area contributed by atoms with Gasteiger partial charge in [0.15, 0.2) is 11.5 Å². The monoisotopic (exact) mass is 689 g/mol. The molecule has 0 unspecified atom stereocenters. The first-order valence-corrected chi connectivity index (χ1v) is 14.1. The largest absolute Gasteiger partial charge is 0.493 e. The first kappa shape index (κ1) is 27.5. The Balaban J connectivity index is 1.75. The minimum absolute atomic E-state index is 0.0417. The number of fused-ring (bicyclic) bond motifs is 1. The maximum Gasteiger partial charge on any atom is 0.282 e. The van der Waals surface area contributed by atoms with Gasteiger partial charge in [0.1, 0.15) is 12.4 Å². The molecule has 1 atom stereocenters. The smallest absolute Gasteiger partial charge is 0.282 e. The van der Waals surface area contributed by atoms with E-state index in [0.29, 0.717) is 44.9 Å². The minimum atomic E-state index is -0.224. The molecule has 4 aromatic rings. The number of halogens is 3. The van der Waals surface area contributed by atoms with Gasteiger partial charge < -0.3 is 9.47 Å². The summed E-state index contributed by atoms with van der Waals surface area (Å²) in [7, 11) is 1.59. The molecule has 1 heterocycles. The number of hydrogen-bond donors (Lipinski definition) is 0. The Bertz CT molecular complexity index is 1550. The Morgan fingerprint density at radius 2 is 1.89 bits per heavy atom. The third kappa shape index (κ3) is 5.99. The Hall–Kier alpha value is -2.49. The zero-order chi connectivity index (χ0) is 26.7. The lowest BCUT2D eigenvalue weighted by molar-refractivity contribution is 0.282. The van der Waals surface area contributed by atoms with E-state index in [0.717, 1.165) is 20.9 Å². The molecule has 192 valence electrons. The van der Waals surface area contributed by atoms with E-state index in [-0.39, 0.29) is 11.5 Å². The van der Waals surface area contributed by atoms with Crippen molar-refractivity contribution in [2.45, 2.75) is 39.7 Å². The normalized spacial score (nSPS) is 12.3. The van der Waals surface area contributed by atoms with Gasteiger partial charge in [0.2, 0.25) is 0 Å². The third-order valence-electron chi connectivity index (χ3n) is 6.04. The van der Waals surface area contributed by atoms with Gasteiger partial charge in [-0.25, -0.2) is 4.98 Å². The van der Waals surface area contributed by atoms with Crippen LogP contribution in [-0.4, -0.2) is 23.0 Å². The second-order valence-corrected chi connectivity index (χ2v) is 11.2. The van der Waals surface area contributed by atoms with Crippen molar-refractivity contribution in [2.24, 2.45) is 5.10 Å². The van der Waals surface area contributed by atoms with Crippen molar-refractivity contribution in [2.75, 3.05) is 7.11 Å². The Morgan fingerprint density at radius 3 is 2.59 bits per heavy atom. The number of methoxy groups -OCH3 is 1. The van der Waals surface area contributed by atoms with Crippen molar-refractivity contribution in [1.29, 1.82) is 0 Å². The van der Waals surface area contributed by atoms with Crippen molar-refractivity contribution in [3.63, 3.8) is 0 Å². The SMILES string of the molecule is CC[C@H](C)c1nc2ccc(Br)cc2c(=O)n1N=Cc1cc(OC)c(OCc2cccc(C)c2)c(Br)c1Br. The minimum Gasteiger partial charge on any atom is -0.493 e. The van der Waals surface area contributed by atoms with Gasteiger partial charge in [0.05, 0.1) is 28.7 Å². The van der Waals surface area contributed by atoms with Crippen LogP contribution < -0.4 is 15.0 Å². The van der Waals surface area contributed by atoms with Crippen LogP contribution in [0.4, 0.5) is 0 Å². The van der Waals surface area contributed by atoms with Crippen molar-refractivity contribution in [3.8, 4) is 11.5 Å². The van der Waals surface area contributed by atoms with Crippen LogP contribution in [0.5, 0.6) is 11.5 Å². The Labute approximate surface area is 241 Å². The van der Waals surface area contributed by atoms with E-state index in [1.54, 1.807) is 19.4 Å². The molecule has 3 aromatic carbocycles. The molecule has 0 saturated heterocycles. The fraction of sp³-hybridized carbons (Fsp3) is 0.250. The van der Waals surface area contributed by atoms with Gasteiger partial charge in [-0.2, -0.15) is 9.78 Å². The molecule has 9 heteroatoms. The summed E-state index contributed by atoms with van der Waals surface area (Å²) in [5.74, 6) is 1.76. The van der Waals surface area contributed by atoms with Gasteiger partial charge in [-0.1, -0.05) is 59.6 Å². The molecule has 0 aliphatic heterocycles. The predicted molar refractivity (Wildman–Crippen MR) is 159 cm³/mol. The van der Waals surface area contributed by atoms with Crippen LogP contribution in [0.15, 0.2) is 71.8 Å². The number of rotatable bonds is 8. The average molecular weight is 692 g/mol. The van der Waals surface area contributed by atoms with Crippen LogP contribution in [0.2, 0.25) is 0 Å². The molecule has 0 aliphatic rings. The fourth-order valence-corrected chi connectivity index (χ4v) is 5.14. The van der Waals surface area contributed by atoms with Crippen LogP contribution in [0, 0.1) is 6.92 Å². The lowest BCUT2D eigenvalue weighted by atomic mass is 10.1. The van der Waals surface area contributed by atoms with Crippen molar-refractivity contribution in [1.82, 2.24) is 9.66 Å². The van der Waals surface area contributed by atoms with E-state index in [4.69, 9.17) is 14.5 Å². The van der Waals surface area contributed by atoms with Crippen LogP contribution in [0.25, 0.3) is 10.9 Å². The molecule has 6 nitrogen and oxygen atoms in total. The van der Waals surface area contributed by atoms with Gasteiger partial charge >= 0.3 is 0 Å². The molecule has 0 spiro atoms. The van der Waals surface area contributed by atoms with E-state index in [1.165, 1.54) is 10.2 Å². The van der Waals surface area contributed by atoms with E-state index >= 15 is 0 Å². The van der Waals surface area contributed by atoms with Gasteiger partial charge in [0.25, 0.3) is 5.56 Å². The number of hydrogen-bond acceptors (Lipinski definition) is 5. The zero-order valence-electron chi connectivity index (χ0n) is 20.9. The lowest BCUT2D eigenvalue weighted by Crippen LogP contribution is -2.23. The maximum atomic E-state index is 13.4. The summed E-state index contributed by atoms with van der Waals surface area (Å²) in [4.78, 5) is 18.2. The number of ether oxygens (including phenoxy) is 2. The van der Waals surface area contributed by atoms with Crippen molar-refractivity contribution < 1.29 is 9.47 Å². The molecule has 0 amide bonds. The molecular weight excluding hydrogens is 666 g/mol. The molecular formula is C28H26Br3N3O3. The Kier molecular flexibility index (Phi) is 8.87. The summed E-state index contributed by atoms with van der Waals surface area (Å²) in [5.41, 5.74) is 3.36. The van der Waals surface area contributed by atoms with Crippen LogP contribution in [0.1, 0.15) is 48.7 Å². The molecule has 4 rings (SSSR count). The topological polar surface area (TPSA) is 65.7 Å². The quantitative estimate of drug-likeness (QED) is 0.176.